The lowest BCUT2D eigenvalue weighted by molar-refractivity contribution is 0.00617. The monoisotopic (exact) mass is 364 g/mol. The Morgan fingerprint density at radius 1 is 1.19 bits per heavy atom. The first-order valence-corrected chi connectivity index (χ1v) is 7.86. The van der Waals surface area contributed by atoms with Crippen LogP contribution in [0.25, 0.3) is 0 Å². The van der Waals surface area contributed by atoms with Gasteiger partial charge in [0.1, 0.15) is 22.7 Å². The van der Waals surface area contributed by atoms with Gasteiger partial charge in [-0.1, -0.05) is 0 Å². The molecule has 1 heterocycles. The molecule has 0 bridgehead atoms. The van der Waals surface area contributed by atoms with E-state index in [-0.39, 0.29) is 29.1 Å². The predicted octanol–water partition coefficient (Wildman–Crippen LogP) is 2.82. The fourth-order valence-corrected chi connectivity index (χ4v) is 2.22. The van der Waals surface area contributed by atoms with E-state index in [1.807, 2.05) is 0 Å². The second kappa shape index (κ2) is 7.55. The SMILES string of the molecule is COC(=O)c1cc(Cn2ccc(C(=O)OC(C)(C)C)n2)c(F)cc1OC. The number of halogens is 1. The van der Waals surface area contributed by atoms with Crippen molar-refractivity contribution in [3.63, 3.8) is 0 Å². The van der Waals surface area contributed by atoms with Gasteiger partial charge in [0.2, 0.25) is 0 Å². The molecule has 0 atom stereocenters. The average molecular weight is 364 g/mol. The van der Waals surface area contributed by atoms with E-state index in [0.29, 0.717) is 0 Å². The molecule has 0 saturated carbocycles. The summed E-state index contributed by atoms with van der Waals surface area (Å²) < 4.78 is 30.6. The predicted molar refractivity (Wildman–Crippen MR) is 90.8 cm³/mol. The van der Waals surface area contributed by atoms with Gasteiger partial charge in [0, 0.05) is 17.8 Å². The van der Waals surface area contributed by atoms with Crippen LogP contribution in [-0.4, -0.2) is 41.5 Å². The number of ether oxygens (including phenoxy) is 3. The van der Waals surface area contributed by atoms with Gasteiger partial charge in [-0.15, -0.1) is 0 Å². The van der Waals surface area contributed by atoms with Gasteiger partial charge in [-0.05, 0) is 32.9 Å². The van der Waals surface area contributed by atoms with E-state index in [1.165, 1.54) is 37.2 Å². The maximum Gasteiger partial charge on any atom is 0.359 e. The molecule has 7 nitrogen and oxygen atoms in total. The van der Waals surface area contributed by atoms with Gasteiger partial charge >= 0.3 is 11.9 Å². The number of carbonyl (C=O) groups excluding carboxylic acids is 2. The van der Waals surface area contributed by atoms with Crippen LogP contribution in [0.15, 0.2) is 24.4 Å². The zero-order chi connectivity index (χ0) is 19.5. The number of aromatic nitrogens is 2. The minimum absolute atomic E-state index is 0.0165. The summed E-state index contributed by atoms with van der Waals surface area (Å²) in [6, 6.07) is 3.94. The minimum atomic E-state index is -0.641. The maximum absolute atomic E-state index is 14.3. The molecule has 2 rings (SSSR count). The molecule has 0 saturated heterocycles. The third-order valence-corrected chi connectivity index (χ3v) is 3.35. The standard InChI is InChI=1S/C18H21FN2O5/c1-18(2,3)26-17(23)14-6-7-21(20-14)10-11-8-12(16(22)25-5)15(24-4)9-13(11)19/h6-9H,10H2,1-5H3. The quantitative estimate of drug-likeness (QED) is 0.759. The highest BCUT2D eigenvalue weighted by molar-refractivity contribution is 5.92. The molecule has 0 aliphatic rings. The summed E-state index contributed by atoms with van der Waals surface area (Å²) in [5.74, 6) is -1.70. The zero-order valence-corrected chi connectivity index (χ0v) is 15.3. The van der Waals surface area contributed by atoms with Crippen molar-refractivity contribution in [2.45, 2.75) is 32.9 Å². The Kier molecular flexibility index (Phi) is 5.64. The molecule has 1 aromatic carbocycles. The summed E-state index contributed by atoms with van der Waals surface area (Å²) in [5, 5.41) is 4.10. The number of nitrogens with zero attached hydrogens (tertiary/aromatic N) is 2. The second-order valence-electron chi connectivity index (χ2n) is 6.54. The van der Waals surface area contributed by atoms with Crippen molar-refractivity contribution < 1.29 is 28.2 Å². The molecule has 0 unspecified atom stereocenters. The van der Waals surface area contributed by atoms with Crippen LogP contribution in [0, 0.1) is 5.82 Å². The van der Waals surface area contributed by atoms with Crippen molar-refractivity contribution >= 4 is 11.9 Å². The van der Waals surface area contributed by atoms with Crippen LogP contribution in [-0.2, 0) is 16.0 Å². The van der Waals surface area contributed by atoms with Gasteiger partial charge in [-0.3, -0.25) is 4.68 Å². The summed E-state index contributed by atoms with van der Waals surface area (Å²) in [5.41, 5.74) is -0.226. The van der Waals surface area contributed by atoms with E-state index in [0.717, 1.165) is 6.07 Å². The van der Waals surface area contributed by atoms with Crippen molar-refractivity contribution in [3.8, 4) is 5.75 Å². The van der Waals surface area contributed by atoms with Gasteiger partial charge in [-0.2, -0.15) is 5.10 Å². The van der Waals surface area contributed by atoms with Crippen LogP contribution >= 0.6 is 0 Å². The van der Waals surface area contributed by atoms with E-state index in [2.05, 4.69) is 9.84 Å². The molecule has 0 aliphatic carbocycles. The van der Waals surface area contributed by atoms with Crippen molar-refractivity contribution in [3.05, 3.63) is 47.0 Å². The van der Waals surface area contributed by atoms with Crippen LogP contribution in [0.2, 0.25) is 0 Å². The Labute approximate surface area is 150 Å². The smallest absolute Gasteiger partial charge is 0.359 e. The first kappa shape index (κ1) is 19.4. The summed E-state index contributed by atoms with van der Waals surface area (Å²) in [6.07, 6.45) is 1.53. The highest BCUT2D eigenvalue weighted by atomic mass is 19.1. The largest absolute Gasteiger partial charge is 0.496 e. The van der Waals surface area contributed by atoms with Crippen LogP contribution < -0.4 is 4.74 Å². The number of carbonyl (C=O) groups is 2. The third kappa shape index (κ3) is 4.59. The van der Waals surface area contributed by atoms with Crippen LogP contribution in [0.1, 0.15) is 47.2 Å². The Bertz CT molecular complexity index is 823. The second-order valence-corrected chi connectivity index (χ2v) is 6.54. The first-order chi connectivity index (χ1) is 12.1. The molecule has 26 heavy (non-hydrogen) atoms. The molecule has 140 valence electrons. The van der Waals surface area contributed by atoms with Crippen molar-refractivity contribution in [1.82, 2.24) is 9.78 Å². The Balaban J connectivity index is 2.26. The number of rotatable bonds is 5. The molecular formula is C18H21FN2O5. The van der Waals surface area contributed by atoms with Crippen molar-refractivity contribution in [2.75, 3.05) is 14.2 Å². The summed E-state index contributed by atoms with van der Waals surface area (Å²) >= 11 is 0. The van der Waals surface area contributed by atoms with E-state index in [9.17, 15) is 14.0 Å². The Morgan fingerprint density at radius 2 is 1.88 bits per heavy atom. The normalized spacial score (nSPS) is 11.2. The molecule has 0 spiro atoms. The molecule has 8 heteroatoms. The number of hydrogen-bond acceptors (Lipinski definition) is 6. The number of hydrogen-bond donors (Lipinski definition) is 0. The van der Waals surface area contributed by atoms with Crippen molar-refractivity contribution in [1.29, 1.82) is 0 Å². The molecule has 0 N–H and O–H groups in total. The maximum atomic E-state index is 14.3. The van der Waals surface area contributed by atoms with E-state index in [4.69, 9.17) is 9.47 Å². The first-order valence-electron chi connectivity index (χ1n) is 7.86. The molecule has 0 fully saturated rings. The van der Waals surface area contributed by atoms with Crippen LogP contribution in [0.3, 0.4) is 0 Å². The summed E-state index contributed by atoms with van der Waals surface area (Å²) in [7, 11) is 2.56. The van der Waals surface area contributed by atoms with E-state index < -0.39 is 23.4 Å². The minimum Gasteiger partial charge on any atom is -0.496 e. The van der Waals surface area contributed by atoms with Crippen molar-refractivity contribution in [2.24, 2.45) is 0 Å². The number of methoxy groups -OCH3 is 2. The molecule has 0 aliphatic heterocycles. The van der Waals surface area contributed by atoms with Gasteiger partial charge in [-0.25, -0.2) is 14.0 Å². The lowest BCUT2D eigenvalue weighted by atomic mass is 10.1. The highest BCUT2D eigenvalue weighted by Crippen LogP contribution is 2.24. The Hall–Kier alpha value is -2.90. The van der Waals surface area contributed by atoms with Crippen LogP contribution in [0.5, 0.6) is 5.75 Å². The molecule has 1 aromatic heterocycles. The van der Waals surface area contributed by atoms with Gasteiger partial charge in [0.25, 0.3) is 0 Å². The van der Waals surface area contributed by atoms with Gasteiger partial charge < -0.3 is 14.2 Å². The molecule has 0 radical (unpaired) electrons. The number of esters is 2. The average Bonchev–Trinajstić information content (AvgIpc) is 3.02. The van der Waals surface area contributed by atoms with Gasteiger partial charge in [0.15, 0.2) is 5.69 Å². The van der Waals surface area contributed by atoms with Crippen LogP contribution in [0.4, 0.5) is 4.39 Å². The highest BCUT2D eigenvalue weighted by Gasteiger charge is 2.21. The summed E-state index contributed by atoms with van der Waals surface area (Å²) in [6.45, 7) is 5.28. The fraction of sp³-hybridized carbons (Fsp3) is 0.389. The Morgan fingerprint density at radius 3 is 2.46 bits per heavy atom. The fourth-order valence-electron chi connectivity index (χ4n) is 2.22. The van der Waals surface area contributed by atoms with E-state index >= 15 is 0 Å². The zero-order valence-electron chi connectivity index (χ0n) is 15.3. The summed E-state index contributed by atoms with van der Waals surface area (Å²) in [4.78, 5) is 23.8. The lowest BCUT2D eigenvalue weighted by Gasteiger charge is -2.18. The molecular weight excluding hydrogens is 343 g/mol. The topological polar surface area (TPSA) is 79.7 Å². The number of benzene rings is 1. The van der Waals surface area contributed by atoms with Gasteiger partial charge in [0.05, 0.1) is 20.8 Å². The molecule has 0 amide bonds. The lowest BCUT2D eigenvalue weighted by Crippen LogP contribution is -2.24. The molecule has 2 aromatic rings. The van der Waals surface area contributed by atoms with E-state index in [1.54, 1.807) is 20.8 Å². The third-order valence-electron chi connectivity index (χ3n) is 3.35.